The van der Waals surface area contributed by atoms with Crippen LogP contribution in [0.5, 0.6) is 5.75 Å². The first-order chi connectivity index (χ1) is 12.4. The van der Waals surface area contributed by atoms with Crippen LogP contribution in [0.2, 0.25) is 10.0 Å². The van der Waals surface area contributed by atoms with Crippen LogP contribution in [-0.4, -0.2) is 16.1 Å². The van der Waals surface area contributed by atoms with Crippen molar-refractivity contribution >= 4 is 78.8 Å². The molecule has 3 aromatic carbocycles. The lowest BCUT2D eigenvalue weighted by molar-refractivity contribution is 0.0979. The second-order valence-electron chi connectivity index (χ2n) is 5.33. The highest BCUT2D eigenvalue weighted by atomic mass is 79.9. The van der Waals surface area contributed by atoms with E-state index in [-0.39, 0.29) is 27.5 Å². The summed E-state index contributed by atoms with van der Waals surface area (Å²) in [5.74, 6) is -0.583. The predicted molar refractivity (Wildman–Crippen MR) is 113 cm³/mol. The van der Waals surface area contributed by atoms with Crippen molar-refractivity contribution in [3.63, 3.8) is 0 Å². The molecule has 1 amide bonds. The summed E-state index contributed by atoms with van der Waals surface area (Å²) in [4.78, 5) is 12.6. The lowest BCUT2D eigenvalue weighted by Crippen LogP contribution is -2.34. The summed E-state index contributed by atoms with van der Waals surface area (Å²) >= 11 is 20.4. The Bertz CT molecular complexity index is 1040. The number of thiocarbonyl (C=S) groups is 1. The first kappa shape index (κ1) is 18.9. The van der Waals surface area contributed by atoms with Crippen LogP contribution < -0.4 is 10.6 Å². The van der Waals surface area contributed by atoms with Crippen LogP contribution in [0.25, 0.3) is 10.8 Å². The van der Waals surface area contributed by atoms with Crippen LogP contribution in [0.3, 0.4) is 0 Å². The van der Waals surface area contributed by atoms with Crippen molar-refractivity contribution in [3.05, 3.63) is 68.6 Å². The molecule has 3 aromatic rings. The highest BCUT2D eigenvalue weighted by molar-refractivity contribution is 9.10. The summed E-state index contributed by atoms with van der Waals surface area (Å²) in [6.07, 6.45) is 0. The molecular weight excluding hydrogens is 459 g/mol. The number of fused-ring (bicyclic) bond motifs is 1. The molecule has 0 aliphatic carbocycles. The molecule has 0 saturated heterocycles. The maximum atomic E-state index is 12.6. The van der Waals surface area contributed by atoms with Gasteiger partial charge in [0.2, 0.25) is 0 Å². The smallest absolute Gasteiger partial charge is 0.258 e. The molecule has 0 aliphatic heterocycles. The fourth-order valence-electron chi connectivity index (χ4n) is 2.45. The standard InChI is InChI=1S/C18H11BrCl2N2O2S/c19-13-6-2-3-10-11(13)4-1-5-12(10)17(25)23-18(26)22-15-8-9(20)7-14(21)16(15)24/h1-8,24H,(H2,22,23,25,26). The van der Waals surface area contributed by atoms with Gasteiger partial charge < -0.3 is 10.4 Å². The van der Waals surface area contributed by atoms with Crippen molar-refractivity contribution in [2.75, 3.05) is 5.32 Å². The third-order valence-electron chi connectivity index (χ3n) is 3.62. The minimum atomic E-state index is -0.376. The Balaban J connectivity index is 1.83. The van der Waals surface area contributed by atoms with Crippen LogP contribution in [-0.2, 0) is 0 Å². The molecule has 26 heavy (non-hydrogen) atoms. The molecule has 0 saturated carbocycles. The van der Waals surface area contributed by atoms with Gasteiger partial charge in [-0.25, -0.2) is 0 Å². The molecule has 132 valence electrons. The van der Waals surface area contributed by atoms with Gasteiger partial charge in [-0.05, 0) is 47.3 Å². The number of phenolic OH excluding ortho intramolecular Hbond substituents is 1. The molecule has 0 heterocycles. The maximum Gasteiger partial charge on any atom is 0.258 e. The Kier molecular flexibility index (Phi) is 5.67. The van der Waals surface area contributed by atoms with E-state index in [1.165, 1.54) is 12.1 Å². The molecule has 0 spiro atoms. The fraction of sp³-hybridized carbons (Fsp3) is 0. The molecule has 0 aromatic heterocycles. The lowest BCUT2D eigenvalue weighted by atomic mass is 10.0. The molecule has 0 fully saturated rings. The molecule has 8 heteroatoms. The molecule has 4 nitrogen and oxygen atoms in total. The summed E-state index contributed by atoms with van der Waals surface area (Å²) in [6, 6.07) is 13.9. The van der Waals surface area contributed by atoms with Gasteiger partial charge >= 0.3 is 0 Å². The van der Waals surface area contributed by atoms with Crippen molar-refractivity contribution in [2.24, 2.45) is 0 Å². The molecule has 0 bridgehead atoms. The number of rotatable bonds is 2. The topological polar surface area (TPSA) is 61.4 Å². The molecular formula is C18H11BrCl2N2O2S. The van der Waals surface area contributed by atoms with Crippen molar-refractivity contribution in [2.45, 2.75) is 0 Å². The predicted octanol–water partition coefficient (Wildman–Crippen LogP) is 5.74. The van der Waals surface area contributed by atoms with Crippen LogP contribution in [0.15, 0.2) is 53.0 Å². The van der Waals surface area contributed by atoms with E-state index in [4.69, 9.17) is 35.4 Å². The third kappa shape index (κ3) is 3.94. The van der Waals surface area contributed by atoms with Gasteiger partial charge in [-0.2, -0.15) is 0 Å². The zero-order valence-electron chi connectivity index (χ0n) is 13.0. The Hall–Kier alpha value is -1.86. The summed E-state index contributed by atoms with van der Waals surface area (Å²) in [6.45, 7) is 0. The minimum absolute atomic E-state index is 0.00985. The number of amides is 1. The Morgan fingerprint density at radius 3 is 2.54 bits per heavy atom. The molecule has 0 aliphatic rings. The average molecular weight is 470 g/mol. The third-order valence-corrected chi connectivity index (χ3v) is 5.02. The summed E-state index contributed by atoms with van der Waals surface area (Å²) in [5.41, 5.74) is 0.676. The van der Waals surface area contributed by atoms with E-state index in [9.17, 15) is 9.90 Å². The summed E-state index contributed by atoms with van der Waals surface area (Å²) < 4.78 is 0.892. The Morgan fingerprint density at radius 1 is 1.08 bits per heavy atom. The minimum Gasteiger partial charge on any atom is -0.504 e. The van der Waals surface area contributed by atoms with Gasteiger partial charge in [0.25, 0.3) is 5.91 Å². The fourth-order valence-corrected chi connectivity index (χ4v) is 3.65. The van der Waals surface area contributed by atoms with Gasteiger partial charge in [-0.1, -0.05) is 63.4 Å². The van der Waals surface area contributed by atoms with Crippen molar-refractivity contribution in [1.82, 2.24) is 5.32 Å². The normalized spacial score (nSPS) is 10.6. The van der Waals surface area contributed by atoms with E-state index in [0.29, 0.717) is 10.6 Å². The van der Waals surface area contributed by atoms with E-state index < -0.39 is 0 Å². The second kappa shape index (κ2) is 7.80. The highest BCUT2D eigenvalue weighted by Gasteiger charge is 2.14. The second-order valence-corrected chi connectivity index (χ2v) is 7.44. The molecule has 0 radical (unpaired) electrons. The van der Waals surface area contributed by atoms with E-state index in [2.05, 4.69) is 26.6 Å². The van der Waals surface area contributed by atoms with Crippen LogP contribution >= 0.6 is 51.3 Å². The number of aromatic hydroxyl groups is 1. The van der Waals surface area contributed by atoms with Crippen molar-refractivity contribution in [3.8, 4) is 5.75 Å². The van der Waals surface area contributed by atoms with Crippen LogP contribution in [0, 0.1) is 0 Å². The van der Waals surface area contributed by atoms with Gasteiger partial charge in [0.05, 0.1) is 10.7 Å². The summed E-state index contributed by atoms with van der Waals surface area (Å²) in [5, 5.41) is 17.4. The number of anilines is 1. The van der Waals surface area contributed by atoms with Crippen LogP contribution in [0.4, 0.5) is 5.69 Å². The van der Waals surface area contributed by atoms with Crippen LogP contribution in [0.1, 0.15) is 10.4 Å². The summed E-state index contributed by atoms with van der Waals surface area (Å²) in [7, 11) is 0. The SMILES string of the molecule is O=C(NC(=S)Nc1cc(Cl)cc(Cl)c1O)c1cccc2c(Br)cccc12. The zero-order chi connectivity index (χ0) is 18.8. The number of benzene rings is 3. The Morgan fingerprint density at radius 2 is 1.77 bits per heavy atom. The van der Waals surface area contributed by atoms with Gasteiger partial charge in [0, 0.05) is 15.1 Å². The number of nitrogens with one attached hydrogen (secondary N) is 2. The lowest BCUT2D eigenvalue weighted by Gasteiger charge is -2.13. The average Bonchev–Trinajstić information content (AvgIpc) is 2.59. The number of hydrogen-bond acceptors (Lipinski definition) is 3. The zero-order valence-corrected chi connectivity index (χ0v) is 16.9. The van der Waals surface area contributed by atoms with Gasteiger partial charge in [-0.3, -0.25) is 10.1 Å². The number of carbonyl (C=O) groups is 1. The van der Waals surface area contributed by atoms with Crippen molar-refractivity contribution < 1.29 is 9.90 Å². The number of hydrogen-bond donors (Lipinski definition) is 3. The number of carbonyl (C=O) groups excluding carboxylic acids is 1. The molecule has 3 rings (SSSR count). The van der Waals surface area contributed by atoms with E-state index in [0.717, 1.165) is 15.2 Å². The maximum absolute atomic E-state index is 12.6. The van der Waals surface area contributed by atoms with E-state index in [1.54, 1.807) is 12.1 Å². The monoisotopic (exact) mass is 468 g/mol. The Labute approximate surface area is 173 Å². The molecule has 3 N–H and O–H groups in total. The van der Waals surface area contributed by atoms with Gasteiger partial charge in [0.15, 0.2) is 10.9 Å². The van der Waals surface area contributed by atoms with Gasteiger partial charge in [-0.15, -0.1) is 0 Å². The quantitative estimate of drug-likeness (QED) is 0.330. The first-order valence-corrected chi connectivity index (χ1v) is 9.30. The van der Waals surface area contributed by atoms with Gasteiger partial charge in [0.1, 0.15) is 0 Å². The number of phenols is 1. The first-order valence-electron chi connectivity index (χ1n) is 7.34. The largest absolute Gasteiger partial charge is 0.504 e. The highest BCUT2D eigenvalue weighted by Crippen LogP contribution is 2.35. The van der Waals surface area contributed by atoms with E-state index >= 15 is 0 Å². The van der Waals surface area contributed by atoms with Crippen molar-refractivity contribution in [1.29, 1.82) is 0 Å². The van der Waals surface area contributed by atoms with E-state index in [1.807, 2.05) is 24.3 Å². The number of halogens is 3. The molecule has 0 unspecified atom stereocenters. The molecule has 0 atom stereocenters.